The number of hydrogen-bond acceptors (Lipinski definition) is 3. The zero-order chi connectivity index (χ0) is 13.9. The van der Waals surface area contributed by atoms with Crippen LogP contribution < -0.4 is 5.73 Å². The number of nitrogens with two attached hydrogens (primary N) is 1. The molecule has 20 heavy (non-hydrogen) atoms. The summed E-state index contributed by atoms with van der Waals surface area (Å²) in [5.74, 6) is 0. The van der Waals surface area contributed by atoms with Crippen molar-refractivity contribution in [1.29, 1.82) is 0 Å². The van der Waals surface area contributed by atoms with Crippen LogP contribution in [0.1, 0.15) is 30.9 Å². The van der Waals surface area contributed by atoms with Gasteiger partial charge in [0.05, 0.1) is 17.9 Å². The molecule has 1 aliphatic heterocycles. The van der Waals surface area contributed by atoms with E-state index in [4.69, 9.17) is 5.73 Å². The van der Waals surface area contributed by atoms with Crippen molar-refractivity contribution in [2.24, 2.45) is 5.73 Å². The van der Waals surface area contributed by atoms with E-state index in [1.165, 1.54) is 18.4 Å². The summed E-state index contributed by atoms with van der Waals surface area (Å²) in [4.78, 5) is 2.37. The monoisotopic (exact) mass is 270 g/mol. The van der Waals surface area contributed by atoms with E-state index in [-0.39, 0.29) is 12.1 Å². The first-order valence-corrected chi connectivity index (χ1v) is 7.31. The Morgan fingerprint density at radius 3 is 2.80 bits per heavy atom. The first-order valence-electron chi connectivity index (χ1n) is 7.31. The Morgan fingerprint density at radius 1 is 1.20 bits per heavy atom. The van der Waals surface area contributed by atoms with E-state index in [9.17, 15) is 0 Å². The Hall–Kier alpha value is -1.65. The molecule has 1 fully saturated rings. The highest BCUT2D eigenvalue weighted by molar-refractivity contribution is 5.31. The molecule has 2 atom stereocenters. The van der Waals surface area contributed by atoms with Gasteiger partial charge in [0.2, 0.25) is 0 Å². The van der Waals surface area contributed by atoms with Crippen molar-refractivity contribution in [2.45, 2.75) is 31.3 Å². The third-order valence-electron chi connectivity index (χ3n) is 4.14. The summed E-state index contributed by atoms with van der Waals surface area (Å²) in [5, 5.41) is 4.50. The van der Waals surface area contributed by atoms with E-state index in [1.54, 1.807) is 0 Å². The molecule has 2 aromatic rings. The molecule has 0 aliphatic carbocycles. The molecule has 0 saturated carbocycles. The molecule has 2 unspecified atom stereocenters. The molecular weight excluding hydrogens is 248 g/mol. The second kappa shape index (κ2) is 5.77. The first kappa shape index (κ1) is 13.3. The van der Waals surface area contributed by atoms with Gasteiger partial charge in [-0.15, -0.1) is 0 Å². The van der Waals surface area contributed by atoms with E-state index < -0.39 is 0 Å². The van der Waals surface area contributed by atoms with Crippen LogP contribution in [-0.4, -0.2) is 34.3 Å². The van der Waals surface area contributed by atoms with Crippen LogP contribution >= 0.6 is 0 Å². The molecule has 106 valence electrons. The normalized spacial score (nSPS) is 24.5. The number of nitrogens with zero attached hydrogens (tertiary/aromatic N) is 3. The largest absolute Gasteiger partial charge is 0.326 e. The predicted octanol–water partition coefficient (Wildman–Crippen LogP) is 2.36. The van der Waals surface area contributed by atoms with E-state index >= 15 is 0 Å². The molecule has 0 radical (unpaired) electrons. The van der Waals surface area contributed by atoms with Gasteiger partial charge in [-0.1, -0.05) is 24.6 Å². The fourth-order valence-electron chi connectivity index (χ4n) is 3.08. The van der Waals surface area contributed by atoms with Crippen LogP contribution in [0.2, 0.25) is 0 Å². The lowest BCUT2D eigenvalue weighted by molar-refractivity contribution is 0.230. The average molecular weight is 270 g/mol. The second-order valence-electron chi connectivity index (χ2n) is 5.64. The van der Waals surface area contributed by atoms with E-state index in [0.29, 0.717) is 0 Å². The maximum absolute atomic E-state index is 6.37. The molecular formula is C16H22N4. The van der Waals surface area contributed by atoms with Crippen molar-refractivity contribution >= 4 is 0 Å². The van der Waals surface area contributed by atoms with Crippen LogP contribution in [0.3, 0.4) is 0 Å². The van der Waals surface area contributed by atoms with Gasteiger partial charge in [0.1, 0.15) is 0 Å². The number of benzene rings is 1. The van der Waals surface area contributed by atoms with Crippen LogP contribution in [0.4, 0.5) is 0 Å². The molecule has 2 N–H and O–H groups in total. The van der Waals surface area contributed by atoms with Crippen LogP contribution in [-0.2, 0) is 0 Å². The molecule has 1 aromatic carbocycles. The topological polar surface area (TPSA) is 47.1 Å². The summed E-state index contributed by atoms with van der Waals surface area (Å²) >= 11 is 0. The standard InChI is InChI=1S/C16H22N4/c1-19-10-6-5-9-15(17)16(19)13-11-18-20(12-13)14-7-3-2-4-8-14/h2-4,7-8,11-12,15-16H,5-6,9-10,17H2,1H3. The summed E-state index contributed by atoms with van der Waals surface area (Å²) in [6.45, 7) is 1.11. The SMILES string of the molecule is CN1CCCCC(N)C1c1cnn(-c2ccccc2)c1. The summed E-state index contributed by atoms with van der Waals surface area (Å²) in [6.07, 6.45) is 7.61. The average Bonchev–Trinajstić information content (AvgIpc) is 2.88. The Morgan fingerprint density at radius 2 is 2.00 bits per heavy atom. The molecule has 3 rings (SSSR count). The van der Waals surface area contributed by atoms with E-state index in [2.05, 4.69) is 35.4 Å². The van der Waals surface area contributed by atoms with Crippen LogP contribution in [0.15, 0.2) is 42.7 Å². The third kappa shape index (κ3) is 2.62. The summed E-state index contributed by atoms with van der Waals surface area (Å²) in [6, 6.07) is 10.7. The highest BCUT2D eigenvalue weighted by Gasteiger charge is 2.27. The minimum atomic E-state index is 0.191. The highest BCUT2D eigenvalue weighted by Crippen LogP contribution is 2.28. The van der Waals surface area contributed by atoms with Crippen molar-refractivity contribution in [3.05, 3.63) is 48.3 Å². The van der Waals surface area contributed by atoms with E-state index in [0.717, 1.165) is 18.7 Å². The molecule has 4 nitrogen and oxygen atoms in total. The van der Waals surface area contributed by atoms with Gasteiger partial charge in [0, 0.05) is 17.8 Å². The number of likely N-dealkylation sites (N-methyl/N-ethyl adjacent to an activating group) is 1. The van der Waals surface area contributed by atoms with Gasteiger partial charge < -0.3 is 5.73 Å². The van der Waals surface area contributed by atoms with Crippen LogP contribution in [0.25, 0.3) is 5.69 Å². The molecule has 0 amide bonds. The maximum atomic E-state index is 6.37. The van der Waals surface area contributed by atoms with Gasteiger partial charge >= 0.3 is 0 Å². The van der Waals surface area contributed by atoms with Gasteiger partial charge in [0.25, 0.3) is 0 Å². The minimum absolute atomic E-state index is 0.191. The Kier molecular flexibility index (Phi) is 3.85. The van der Waals surface area contributed by atoms with Gasteiger partial charge in [-0.05, 0) is 38.6 Å². The molecule has 1 saturated heterocycles. The molecule has 0 spiro atoms. The summed E-state index contributed by atoms with van der Waals surface area (Å²) in [7, 11) is 2.16. The lowest BCUT2D eigenvalue weighted by atomic mass is 9.99. The van der Waals surface area contributed by atoms with Gasteiger partial charge in [-0.25, -0.2) is 4.68 Å². The zero-order valence-corrected chi connectivity index (χ0v) is 11.9. The fraction of sp³-hybridized carbons (Fsp3) is 0.438. The molecule has 1 aromatic heterocycles. The Bertz CT molecular complexity index is 537. The van der Waals surface area contributed by atoms with Crippen molar-refractivity contribution < 1.29 is 0 Å². The van der Waals surface area contributed by atoms with Gasteiger partial charge in [0.15, 0.2) is 0 Å². The zero-order valence-electron chi connectivity index (χ0n) is 11.9. The first-order chi connectivity index (χ1) is 9.75. The van der Waals surface area contributed by atoms with Gasteiger partial charge in [-0.2, -0.15) is 5.10 Å². The summed E-state index contributed by atoms with van der Waals surface area (Å²) < 4.78 is 1.93. The predicted molar refractivity (Wildman–Crippen MR) is 80.8 cm³/mol. The number of rotatable bonds is 2. The van der Waals surface area contributed by atoms with Gasteiger partial charge in [-0.3, -0.25) is 4.90 Å². The lowest BCUT2D eigenvalue weighted by Gasteiger charge is -2.29. The van der Waals surface area contributed by atoms with Crippen LogP contribution in [0, 0.1) is 0 Å². The smallest absolute Gasteiger partial charge is 0.0645 e. The number of likely N-dealkylation sites (tertiary alicyclic amines) is 1. The quantitative estimate of drug-likeness (QED) is 0.911. The molecule has 1 aliphatic rings. The number of hydrogen-bond donors (Lipinski definition) is 1. The Balaban J connectivity index is 1.88. The van der Waals surface area contributed by atoms with E-state index in [1.807, 2.05) is 29.1 Å². The number of aromatic nitrogens is 2. The summed E-state index contributed by atoms with van der Waals surface area (Å²) in [5.41, 5.74) is 8.67. The van der Waals surface area contributed by atoms with Crippen molar-refractivity contribution in [2.75, 3.05) is 13.6 Å². The van der Waals surface area contributed by atoms with Crippen LogP contribution in [0.5, 0.6) is 0 Å². The number of para-hydroxylation sites is 1. The third-order valence-corrected chi connectivity index (χ3v) is 4.14. The van der Waals surface area contributed by atoms with Crippen molar-refractivity contribution in [3.63, 3.8) is 0 Å². The van der Waals surface area contributed by atoms with Crippen molar-refractivity contribution in [3.8, 4) is 5.69 Å². The molecule has 0 bridgehead atoms. The molecule has 4 heteroatoms. The lowest BCUT2D eigenvalue weighted by Crippen LogP contribution is -2.37. The Labute approximate surface area is 120 Å². The maximum Gasteiger partial charge on any atom is 0.0645 e. The molecule has 2 heterocycles. The highest BCUT2D eigenvalue weighted by atomic mass is 15.3. The minimum Gasteiger partial charge on any atom is -0.326 e. The van der Waals surface area contributed by atoms with Crippen molar-refractivity contribution in [1.82, 2.24) is 14.7 Å². The second-order valence-corrected chi connectivity index (χ2v) is 5.64. The fourth-order valence-corrected chi connectivity index (χ4v) is 3.08.